The molecule has 3 aromatic rings. The minimum Gasteiger partial charge on any atom is -0.450 e. The van der Waals surface area contributed by atoms with E-state index in [-0.39, 0.29) is 18.4 Å². The lowest BCUT2D eigenvalue weighted by molar-refractivity contribution is -0.124. The van der Waals surface area contributed by atoms with Crippen LogP contribution >= 0.6 is 0 Å². The molecule has 3 rings (SSSR count). The van der Waals surface area contributed by atoms with Gasteiger partial charge in [-0.2, -0.15) is 0 Å². The molecule has 0 spiro atoms. The first-order valence-corrected chi connectivity index (χ1v) is 9.58. The number of nitrogens with zero attached hydrogens (tertiary/aromatic N) is 3. The van der Waals surface area contributed by atoms with Crippen LogP contribution in [0.15, 0.2) is 48.9 Å². The maximum absolute atomic E-state index is 12.5. The Morgan fingerprint density at radius 2 is 1.93 bits per heavy atom. The van der Waals surface area contributed by atoms with Gasteiger partial charge in [0, 0.05) is 12.7 Å². The first kappa shape index (κ1) is 20.3. The molecular weight excluding hydrogens is 370 g/mol. The molecule has 0 saturated carbocycles. The summed E-state index contributed by atoms with van der Waals surface area (Å²) >= 11 is 0. The van der Waals surface area contributed by atoms with Crippen LogP contribution < -0.4 is 10.6 Å². The minimum absolute atomic E-state index is 0.0746. The summed E-state index contributed by atoms with van der Waals surface area (Å²) in [4.78, 5) is 33.0. The lowest BCUT2D eigenvalue weighted by Crippen LogP contribution is -2.49. The molecule has 8 nitrogen and oxygen atoms in total. The van der Waals surface area contributed by atoms with Crippen LogP contribution in [-0.2, 0) is 16.1 Å². The molecule has 8 heteroatoms. The van der Waals surface area contributed by atoms with Gasteiger partial charge in [-0.3, -0.25) is 9.36 Å². The number of amides is 2. The topological polar surface area (TPSA) is 98.1 Å². The van der Waals surface area contributed by atoms with Crippen molar-refractivity contribution in [1.82, 2.24) is 25.2 Å². The van der Waals surface area contributed by atoms with Gasteiger partial charge >= 0.3 is 6.09 Å². The number of hydrogen-bond donors (Lipinski definition) is 2. The number of alkyl carbamates (subject to hydrolysis) is 1. The zero-order valence-corrected chi connectivity index (χ0v) is 16.8. The van der Waals surface area contributed by atoms with E-state index in [4.69, 9.17) is 4.74 Å². The van der Waals surface area contributed by atoms with Gasteiger partial charge in [-0.1, -0.05) is 32.0 Å². The Balaban J connectivity index is 1.63. The van der Waals surface area contributed by atoms with Crippen molar-refractivity contribution in [2.24, 2.45) is 5.92 Å². The van der Waals surface area contributed by atoms with Gasteiger partial charge in [-0.05, 0) is 36.6 Å². The molecule has 2 heterocycles. The van der Waals surface area contributed by atoms with Gasteiger partial charge in [0.05, 0.1) is 17.6 Å². The monoisotopic (exact) mass is 395 g/mol. The standard InChI is InChI=1S/C21H25N5O3/c1-4-29-21(28)25-19(14(2)3)20(27)23-12-15-9-10-18(22-11-15)26-13-24-16-7-5-6-8-17(16)26/h5-11,13-14,19H,4,12H2,1-3H3,(H,23,27)(H,25,28). The number of nitrogens with one attached hydrogen (secondary N) is 2. The maximum Gasteiger partial charge on any atom is 0.407 e. The van der Waals surface area contributed by atoms with E-state index in [0.29, 0.717) is 6.54 Å². The van der Waals surface area contributed by atoms with Crippen molar-refractivity contribution in [3.63, 3.8) is 0 Å². The Morgan fingerprint density at radius 3 is 2.62 bits per heavy atom. The predicted octanol–water partition coefficient (Wildman–Crippen LogP) is 2.81. The molecule has 0 aliphatic heterocycles. The largest absolute Gasteiger partial charge is 0.450 e. The summed E-state index contributed by atoms with van der Waals surface area (Å²) in [7, 11) is 0. The van der Waals surface area contributed by atoms with Crippen LogP contribution in [0.5, 0.6) is 0 Å². The van der Waals surface area contributed by atoms with Crippen molar-refractivity contribution in [3.8, 4) is 5.82 Å². The van der Waals surface area contributed by atoms with E-state index in [1.165, 1.54) is 0 Å². The quantitative estimate of drug-likeness (QED) is 0.641. The van der Waals surface area contributed by atoms with Gasteiger partial charge < -0.3 is 15.4 Å². The third-order valence-corrected chi connectivity index (χ3v) is 4.47. The van der Waals surface area contributed by atoms with Crippen LogP contribution in [0, 0.1) is 5.92 Å². The summed E-state index contributed by atoms with van der Waals surface area (Å²) in [6.07, 6.45) is 2.86. The highest BCUT2D eigenvalue weighted by molar-refractivity contribution is 5.85. The molecule has 152 valence electrons. The number of imidazole rings is 1. The zero-order chi connectivity index (χ0) is 20.8. The first-order valence-electron chi connectivity index (χ1n) is 9.58. The predicted molar refractivity (Wildman–Crippen MR) is 109 cm³/mol. The highest BCUT2D eigenvalue weighted by Gasteiger charge is 2.24. The van der Waals surface area contributed by atoms with E-state index < -0.39 is 12.1 Å². The molecule has 2 amide bonds. The summed E-state index contributed by atoms with van der Waals surface area (Å²) in [5.41, 5.74) is 2.73. The van der Waals surface area contributed by atoms with E-state index in [1.807, 2.05) is 54.8 Å². The summed E-state index contributed by atoms with van der Waals surface area (Å²) in [6.45, 7) is 6.00. The molecule has 0 aliphatic rings. The Morgan fingerprint density at radius 1 is 1.14 bits per heavy atom. The number of para-hydroxylation sites is 2. The molecule has 0 radical (unpaired) electrons. The van der Waals surface area contributed by atoms with Crippen LogP contribution in [0.4, 0.5) is 4.79 Å². The smallest absolute Gasteiger partial charge is 0.407 e. The third-order valence-electron chi connectivity index (χ3n) is 4.47. The molecule has 0 aliphatic carbocycles. The fourth-order valence-corrected chi connectivity index (χ4v) is 2.94. The van der Waals surface area contributed by atoms with Gasteiger partial charge in [0.2, 0.25) is 5.91 Å². The fraction of sp³-hybridized carbons (Fsp3) is 0.333. The van der Waals surface area contributed by atoms with Crippen LogP contribution in [0.1, 0.15) is 26.3 Å². The molecule has 2 N–H and O–H groups in total. The Hall–Kier alpha value is -3.42. The SMILES string of the molecule is CCOC(=O)NC(C(=O)NCc1ccc(-n2cnc3ccccc32)nc1)C(C)C. The zero-order valence-electron chi connectivity index (χ0n) is 16.8. The molecule has 29 heavy (non-hydrogen) atoms. The van der Waals surface area contributed by atoms with Crippen molar-refractivity contribution in [3.05, 3.63) is 54.5 Å². The highest BCUT2D eigenvalue weighted by Crippen LogP contribution is 2.16. The number of fused-ring (bicyclic) bond motifs is 1. The van der Waals surface area contributed by atoms with Gasteiger partial charge in [0.15, 0.2) is 0 Å². The number of ether oxygens (including phenoxy) is 1. The summed E-state index contributed by atoms with van der Waals surface area (Å²) < 4.78 is 6.78. The Kier molecular flexibility index (Phi) is 6.43. The van der Waals surface area contributed by atoms with Gasteiger partial charge in [-0.15, -0.1) is 0 Å². The van der Waals surface area contributed by atoms with Crippen LogP contribution in [0.3, 0.4) is 0 Å². The molecule has 0 bridgehead atoms. The summed E-state index contributed by atoms with van der Waals surface area (Å²) in [6, 6.07) is 11.0. The number of benzene rings is 1. The fourth-order valence-electron chi connectivity index (χ4n) is 2.94. The van der Waals surface area contributed by atoms with Crippen LogP contribution in [-0.4, -0.2) is 39.2 Å². The average Bonchev–Trinajstić information content (AvgIpc) is 3.15. The molecular formula is C21H25N5O3. The number of rotatable bonds is 7. The van der Waals surface area contributed by atoms with Crippen molar-refractivity contribution in [2.75, 3.05) is 6.61 Å². The Bertz CT molecular complexity index is 981. The first-order chi connectivity index (χ1) is 14.0. The number of carbonyl (C=O) groups is 2. The Labute approximate surface area is 169 Å². The van der Waals surface area contributed by atoms with Gasteiger partial charge in [0.1, 0.15) is 18.2 Å². The summed E-state index contributed by atoms with van der Waals surface area (Å²) in [5, 5.41) is 5.44. The van der Waals surface area contributed by atoms with Crippen molar-refractivity contribution >= 4 is 23.0 Å². The number of hydrogen-bond acceptors (Lipinski definition) is 5. The van der Waals surface area contributed by atoms with Gasteiger partial charge in [0.25, 0.3) is 0 Å². The van der Waals surface area contributed by atoms with E-state index in [9.17, 15) is 9.59 Å². The van der Waals surface area contributed by atoms with Crippen molar-refractivity contribution in [2.45, 2.75) is 33.4 Å². The lowest BCUT2D eigenvalue weighted by Gasteiger charge is -2.21. The third kappa shape index (κ3) is 4.90. The number of aromatic nitrogens is 3. The van der Waals surface area contributed by atoms with E-state index in [0.717, 1.165) is 22.4 Å². The average molecular weight is 395 g/mol. The normalized spacial score (nSPS) is 12.0. The summed E-state index contributed by atoms with van der Waals surface area (Å²) in [5.74, 6) is 0.407. The van der Waals surface area contributed by atoms with Crippen molar-refractivity contribution in [1.29, 1.82) is 0 Å². The van der Waals surface area contributed by atoms with Gasteiger partial charge in [-0.25, -0.2) is 14.8 Å². The van der Waals surface area contributed by atoms with E-state index >= 15 is 0 Å². The van der Waals surface area contributed by atoms with E-state index in [2.05, 4.69) is 20.6 Å². The second-order valence-electron chi connectivity index (χ2n) is 6.93. The maximum atomic E-state index is 12.5. The van der Waals surface area contributed by atoms with Crippen molar-refractivity contribution < 1.29 is 14.3 Å². The van der Waals surface area contributed by atoms with Crippen LogP contribution in [0.25, 0.3) is 16.9 Å². The second kappa shape index (κ2) is 9.18. The molecule has 1 atom stereocenters. The molecule has 1 aromatic carbocycles. The molecule has 0 fully saturated rings. The molecule has 0 saturated heterocycles. The second-order valence-corrected chi connectivity index (χ2v) is 6.93. The lowest BCUT2D eigenvalue weighted by atomic mass is 10.0. The van der Waals surface area contributed by atoms with Crippen LogP contribution in [0.2, 0.25) is 0 Å². The molecule has 1 unspecified atom stereocenters. The highest BCUT2D eigenvalue weighted by atomic mass is 16.5. The van der Waals surface area contributed by atoms with E-state index in [1.54, 1.807) is 19.4 Å². The minimum atomic E-state index is -0.668. The number of carbonyl (C=O) groups excluding carboxylic acids is 2. The molecule has 2 aromatic heterocycles. The number of pyridine rings is 1.